The number of carbonyl (C=O) groups is 2. The van der Waals surface area contributed by atoms with Crippen LogP contribution < -0.4 is 25.2 Å². The Kier molecular flexibility index (Phi) is 7.49. The number of para-hydroxylation sites is 2. The fourth-order valence-electron chi connectivity index (χ4n) is 2.85. The Balaban J connectivity index is 1.68. The molecule has 1 N–H and O–H groups in total. The van der Waals surface area contributed by atoms with Gasteiger partial charge >= 0.3 is 11.6 Å². The molecule has 0 spiro atoms. The van der Waals surface area contributed by atoms with E-state index in [9.17, 15) is 14.4 Å². The minimum atomic E-state index is -0.766. The number of rotatable bonds is 9. The van der Waals surface area contributed by atoms with Crippen molar-refractivity contribution < 1.29 is 28.2 Å². The number of hydrogen-bond donors (Lipinski definition) is 1. The van der Waals surface area contributed by atoms with Gasteiger partial charge in [-0.05, 0) is 43.2 Å². The van der Waals surface area contributed by atoms with Gasteiger partial charge in [0, 0.05) is 18.0 Å². The highest BCUT2D eigenvalue weighted by atomic mass is 16.6. The molecule has 168 valence electrons. The summed E-state index contributed by atoms with van der Waals surface area (Å²) in [7, 11) is 0. The summed E-state index contributed by atoms with van der Waals surface area (Å²) in [5.74, 6) is 0.268. The second kappa shape index (κ2) is 10.5. The number of hydrogen-bond acceptors (Lipinski definition) is 7. The quantitative estimate of drug-likeness (QED) is 0.309. The topological polar surface area (TPSA) is 104 Å². The summed E-state index contributed by atoms with van der Waals surface area (Å²) >= 11 is 0. The molecule has 0 atom stereocenters. The molecule has 1 heterocycles. The standard InChI is InChI=1S/C24H25NO7/c1-4-29-19-7-5-6-8-20(19)30-14-22(26)31-17-10-9-16-11-18(23(27)25-13-15(2)3)24(28)32-21(16)12-17/h5-12,15H,4,13-14H2,1-3H3,(H,25,27). The lowest BCUT2D eigenvalue weighted by molar-refractivity contribution is -0.136. The van der Waals surface area contributed by atoms with Crippen LogP contribution in [0.3, 0.4) is 0 Å². The average Bonchev–Trinajstić information content (AvgIpc) is 2.76. The lowest BCUT2D eigenvalue weighted by atomic mass is 10.1. The van der Waals surface area contributed by atoms with Crippen molar-refractivity contribution in [1.29, 1.82) is 0 Å². The van der Waals surface area contributed by atoms with Crippen molar-refractivity contribution in [3.63, 3.8) is 0 Å². The molecule has 2 aromatic carbocycles. The SMILES string of the molecule is CCOc1ccccc1OCC(=O)Oc1ccc2cc(C(=O)NCC(C)C)c(=O)oc2c1. The highest BCUT2D eigenvalue weighted by molar-refractivity contribution is 5.96. The molecule has 0 bridgehead atoms. The second-order valence-corrected chi connectivity index (χ2v) is 7.39. The molecule has 0 aliphatic carbocycles. The monoisotopic (exact) mass is 439 g/mol. The Labute approximate surface area is 185 Å². The maximum atomic E-state index is 12.2. The molecule has 3 aromatic rings. The summed E-state index contributed by atoms with van der Waals surface area (Å²) in [6, 6.07) is 13.0. The highest BCUT2D eigenvalue weighted by Crippen LogP contribution is 2.26. The molecule has 32 heavy (non-hydrogen) atoms. The maximum Gasteiger partial charge on any atom is 0.349 e. The smallest absolute Gasteiger partial charge is 0.349 e. The van der Waals surface area contributed by atoms with Crippen LogP contribution in [-0.4, -0.2) is 31.6 Å². The van der Waals surface area contributed by atoms with Gasteiger partial charge in [-0.15, -0.1) is 0 Å². The van der Waals surface area contributed by atoms with Gasteiger partial charge in [0.05, 0.1) is 6.61 Å². The van der Waals surface area contributed by atoms with Crippen molar-refractivity contribution in [2.45, 2.75) is 20.8 Å². The zero-order valence-corrected chi connectivity index (χ0v) is 18.2. The van der Waals surface area contributed by atoms with Gasteiger partial charge in [0.15, 0.2) is 18.1 Å². The number of ether oxygens (including phenoxy) is 3. The molecule has 8 heteroatoms. The van der Waals surface area contributed by atoms with Crippen LogP contribution >= 0.6 is 0 Å². The van der Waals surface area contributed by atoms with Crippen LogP contribution in [0.2, 0.25) is 0 Å². The van der Waals surface area contributed by atoms with Crippen LogP contribution in [-0.2, 0) is 4.79 Å². The van der Waals surface area contributed by atoms with Gasteiger partial charge in [0.2, 0.25) is 0 Å². The third-order valence-corrected chi connectivity index (χ3v) is 4.35. The van der Waals surface area contributed by atoms with Gasteiger partial charge in [0.25, 0.3) is 5.91 Å². The molecule has 0 saturated heterocycles. The number of amides is 1. The molecule has 0 unspecified atom stereocenters. The first-order valence-corrected chi connectivity index (χ1v) is 10.3. The fraction of sp³-hybridized carbons (Fsp3) is 0.292. The van der Waals surface area contributed by atoms with Crippen LogP contribution in [0.5, 0.6) is 17.2 Å². The molecule has 8 nitrogen and oxygen atoms in total. The van der Waals surface area contributed by atoms with E-state index in [4.69, 9.17) is 18.6 Å². The highest BCUT2D eigenvalue weighted by Gasteiger charge is 2.15. The lowest BCUT2D eigenvalue weighted by Crippen LogP contribution is -2.31. The molecule has 1 amide bonds. The van der Waals surface area contributed by atoms with Crippen molar-refractivity contribution in [1.82, 2.24) is 5.32 Å². The summed E-state index contributed by atoms with van der Waals surface area (Å²) in [5.41, 5.74) is -0.648. The third-order valence-electron chi connectivity index (χ3n) is 4.35. The van der Waals surface area contributed by atoms with Crippen LogP contribution in [0, 0.1) is 5.92 Å². The van der Waals surface area contributed by atoms with Gasteiger partial charge in [0.1, 0.15) is 16.9 Å². The van der Waals surface area contributed by atoms with E-state index in [0.717, 1.165) is 0 Å². The third kappa shape index (κ3) is 5.87. The molecule has 3 rings (SSSR count). The number of nitrogens with one attached hydrogen (secondary N) is 1. The van der Waals surface area contributed by atoms with Gasteiger partial charge in [-0.3, -0.25) is 4.79 Å². The molecule has 0 aliphatic rings. The molecule has 0 fully saturated rings. The number of benzene rings is 2. The van der Waals surface area contributed by atoms with E-state index < -0.39 is 17.5 Å². The van der Waals surface area contributed by atoms with Crippen molar-refractivity contribution in [2.24, 2.45) is 5.92 Å². The molecular formula is C24H25NO7. The summed E-state index contributed by atoms with van der Waals surface area (Å²) < 4.78 is 21.5. The average molecular weight is 439 g/mol. The van der Waals surface area contributed by atoms with Crippen LogP contribution in [0.15, 0.2) is 57.7 Å². The maximum absolute atomic E-state index is 12.2. The predicted molar refractivity (Wildman–Crippen MR) is 118 cm³/mol. The molecule has 1 aromatic heterocycles. The van der Waals surface area contributed by atoms with Gasteiger partial charge in [-0.1, -0.05) is 26.0 Å². The van der Waals surface area contributed by atoms with Crippen LogP contribution in [0.1, 0.15) is 31.1 Å². The summed E-state index contributed by atoms with van der Waals surface area (Å²) in [5, 5.41) is 3.22. The number of carbonyl (C=O) groups excluding carboxylic acids is 2. The summed E-state index contributed by atoms with van der Waals surface area (Å²) in [6.45, 7) is 6.34. The minimum absolute atomic E-state index is 0.0794. The fourth-order valence-corrected chi connectivity index (χ4v) is 2.85. The molecule has 0 saturated carbocycles. The van der Waals surface area contributed by atoms with Crippen molar-refractivity contribution in [3.8, 4) is 17.2 Å². The Morgan fingerprint density at radius 3 is 2.44 bits per heavy atom. The van der Waals surface area contributed by atoms with E-state index in [1.54, 1.807) is 36.4 Å². The summed E-state index contributed by atoms with van der Waals surface area (Å²) in [4.78, 5) is 36.6. The Morgan fingerprint density at radius 1 is 1.03 bits per heavy atom. The normalized spacial score (nSPS) is 10.8. The Hall–Kier alpha value is -3.81. The molecule has 0 radical (unpaired) electrons. The zero-order valence-electron chi connectivity index (χ0n) is 18.2. The van der Waals surface area contributed by atoms with Gasteiger partial charge in [-0.2, -0.15) is 0 Å². The largest absolute Gasteiger partial charge is 0.490 e. The van der Waals surface area contributed by atoms with Crippen molar-refractivity contribution in [3.05, 3.63) is 64.5 Å². The first-order chi connectivity index (χ1) is 15.4. The van der Waals surface area contributed by atoms with E-state index in [2.05, 4.69) is 5.32 Å². The van der Waals surface area contributed by atoms with Gasteiger partial charge in [-0.25, -0.2) is 9.59 Å². The summed E-state index contributed by atoms with van der Waals surface area (Å²) in [6.07, 6.45) is 0. The molecular weight excluding hydrogens is 414 g/mol. The predicted octanol–water partition coefficient (Wildman–Crippen LogP) is 3.56. The first-order valence-electron chi connectivity index (χ1n) is 10.3. The Morgan fingerprint density at radius 2 is 1.75 bits per heavy atom. The van der Waals surface area contributed by atoms with E-state index in [1.807, 2.05) is 20.8 Å². The van der Waals surface area contributed by atoms with E-state index in [1.165, 1.54) is 12.1 Å². The van der Waals surface area contributed by atoms with Crippen molar-refractivity contribution in [2.75, 3.05) is 19.8 Å². The van der Waals surface area contributed by atoms with E-state index >= 15 is 0 Å². The second-order valence-electron chi connectivity index (χ2n) is 7.39. The van der Waals surface area contributed by atoms with E-state index in [-0.39, 0.29) is 29.4 Å². The van der Waals surface area contributed by atoms with Gasteiger partial charge < -0.3 is 23.9 Å². The zero-order chi connectivity index (χ0) is 23.1. The number of fused-ring (bicyclic) bond motifs is 1. The van der Waals surface area contributed by atoms with Crippen LogP contribution in [0.25, 0.3) is 11.0 Å². The van der Waals surface area contributed by atoms with Crippen LogP contribution in [0.4, 0.5) is 0 Å². The lowest BCUT2D eigenvalue weighted by Gasteiger charge is -2.11. The Bertz CT molecular complexity index is 1170. The van der Waals surface area contributed by atoms with Crippen molar-refractivity contribution >= 4 is 22.8 Å². The molecule has 0 aliphatic heterocycles. The first kappa shape index (κ1) is 22.9. The minimum Gasteiger partial charge on any atom is -0.490 e. The number of esters is 1. The van der Waals surface area contributed by atoms with E-state index in [0.29, 0.717) is 30.0 Å².